The zero-order valence-corrected chi connectivity index (χ0v) is 15.4. The van der Waals surface area contributed by atoms with Gasteiger partial charge in [0.25, 0.3) is 0 Å². The number of guanidine groups is 1. The summed E-state index contributed by atoms with van der Waals surface area (Å²) >= 11 is 0. The summed E-state index contributed by atoms with van der Waals surface area (Å²) in [6, 6.07) is 10.6. The van der Waals surface area contributed by atoms with Gasteiger partial charge in [-0.2, -0.15) is 0 Å². The zero-order valence-electron chi connectivity index (χ0n) is 13.1. The van der Waals surface area contributed by atoms with Gasteiger partial charge in [0, 0.05) is 25.6 Å². The number of halogens is 1. The summed E-state index contributed by atoms with van der Waals surface area (Å²) in [7, 11) is 3.13. The monoisotopic (exact) mass is 417 g/mol. The minimum absolute atomic E-state index is 0. The molecule has 2 N–H and O–H groups in total. The number of nitrogens with zero attached hydrogens (tertiary/aromatic N) is 1. The Kier molecular flexibility index (Phi) is 7.64. The highest BCUT2D eigenvalue weighted by atomic mass is 127. The number of esters is 1. The minimum atomic E-state index is -0.221. The number of benzene rings is 1. The Bertz CT molecular complexity index is 501. The summed E-state index contributed by atoms with van der Waals surface area (Å²) in [5, 5.41) is 6.47. The van der Waals surface area contributed by atoms with Crippen molar-refractivity contribution in [3.8, 4) is 0 Å². The summed E-state index contributed by atoms with van der Waals surface area (Å²) in [6.45, 7) is 1.37. The molecule has 0 aromatic heterocycles. The van der Waals surface area contributed by atoms with E-state index in [1.165, 1.54) is 25.5 Å². The molecule has 1 aromatic rings. The quantitative estimate of drug-likeness (QED) is 0.322. The number of ether oxygens (including phenoxy) is 1. The Hall–Kier alpha value is -1.31. The van der Waals surface area contributed by atoms with E-state index >= 15 is 0 Å². The lowest BCUT2D eigenvalue weighted by molar-refractivity contribution is -0.140. The number of aliphatic imine (C=N–C) groups is 1. The first-order chi connectivity index (χ1) is 10.2. The van der Waals surface area contributed by atoms with E-state index in [0.29, 0.717) is 13.0 Å². The van der Waals surface area contributed by atoms with Crippen LogP contribution in [0.1, 0.15) is 24.8 Å². The third kappa shape index (κ3) is 5.15. The summed E-state index contributed by atoms with van der Waals surface area (Å²) < 4.78 is 4.61. The molecule has 1 saturated carbocycles. The van der Waals surface area contributed by atoms with E-state index in [0.717, 1.165) is 12.5 Å². The highest BCUT2D eigenvalue weighted by Gasteiger charge is 2.43. The summed E-state index contributed by atoms with van der Waals surface area (Å²) in [4.78, 5) is 15.2. The van der Waals surface area contributed by atoms with Crippen LogP contribution in [-0.4, -0.2) is 39.2 Å². The van der Waals surface area contributed by atoms with Crippen molar-refractivity contribution >= 4 is 35.9 Å². The fourth-order valence-electron chi connectivity index (χ4n) is 2.37. The van der Waals surface area contributed by atoms with Crippen molar-refractivity contribution < 1.29 is 9.53 Å². The molecule has 0 bridgehead atoms. The average molecular weight is 417 g/mol. The molecule has 0 radical (unpaired) electrons. The van der Waals surface area contributed by atoms with Gasteiger partial charge in [0.15, 0.2) is 5.96 Å². The topological polar surface area (TPSA) is 62.7 Å². The maximum absolute atomic E-state index is 11.1. The molecule has 0 spiro atoms. The molecule has 22 heavy (non-hydrogen) atoms. The van der Waals surface area contributed by atoms with Crippen LogP contribution >= 0.6 is 24.0 Å². The number of nitrogens with one attached hydrogen (secondary N) is 2. The molecule has 0 amide bonds. The van der Waals surface area contributed by atoms with Crippen LogP contribution in [0.4, 0.5) is 0 Å². The van der Waals surface area contributed by atoms with Crippen LogP contribution in [0.15, 0.2) is 35.3 Å². The maximum atomic E-state index is 11.1. The number of carbonyl (C=O) groups is 1. The summed E-state index contributed by atoms with van der Waals surface area (Å²) in [5.74, 6) is 0.502. The Morgan fingerprint density at radius 2 is 1.95 bits per heavy atom. The second-order valence-corrected chi connectivity index (χ2v) is 5.33. The molecule has 6 heteroatoms. The van der Waals surface area contributed by atoms with Crippen LogP contribution in [0.25, 0.3) is 0 Å². The van der Waals surface area contributed by atoms with Gasteiger partial charge in [-0.05, 0) is 18.4 Å². The van der Waals surface area contributed by atoms with Crippen molar-refractivity contribution in [2.45, 2.75) is 24.7 Å². The molecular weight excluding hydrogens is 393 g/mol. The van der Waals surface area contributed by atoms with Gasteiger partial charge in [-0.15, -0.1) is 24.0 Å². The molecule has 0 atom stereocenters. The van der Waals surface area contributed by atoms with Gasteiger partial charge in [-0.25, -0.2) is 0 Å². The highest BCUT2D eigenvalue weighted by molar-refractivity contribution is 14.0. The van der Waals surface area contributed by atoms with Gasteiger partial charge >= 0.3 is 5.97 Å². The highest BCUT2D eigenvalue weighted by Crippen LogP contribution is 2.47. The van der Waals surface area contributed by atoms with Crippen molar-refractivity contribution in [3.63, 3.8) is 0 Å². The molecule has 0 aliphatic heterocycles. The predicted molar refractivity (Wildman–Crippen MR) is 98.8 cm³/mol. The van der Waals surface area contributed by atoms with Gasteiger partial charge in [-0.1, -0.05) is 30.3 Å². The van der Waals surface area contributed by atoms with E-state index in [1.807, 2.05) is 6.07 Å². The molecule has 0 saturated heterocycles. The summed E-state index contributed by atoms with van der Waals surface area (Å²) in [6.07, 6.45) is 2.73. The van der Waals surface area contributed by atoms with E-state index in [1.54, 1.807) is 7.05 Å². The lowest BCUT2D eigenvalue weighted by atomic mass is 9.96. The smallest absolute Gasteiger partial charge is 0.307 e. The van der Waals surface area contributed by atoms with Gasteiger partial charge < -0.3 is 15.4 Å². The fraction of sp³-hybridized carbons (Fsp3) is 0.500. The first-order valence-electron chi connectivity index (χ1n) is 7.27. The van der Waals surface area contributed by atoms with Gasteiger partial charge in [0.05, 0.1) is 13.5 Å². The van der Waals surface area contributed by atoms with E-state index in [9.17, 15) is 4.79 Å². The van der Waals surface area contributed by atoms with Gasteiger partial charge in [-0.3, -0.25) is 9.79 Å². The third-order valence-corrected chi connectivity index (χ3v) is 3.91. The van der Waals surface area contributed by atoms with Gasteiger partial charge in [0.1, 0.15) is 0 Å². The van der Waals surface area contributed by atoms with Crippen LogP contribution in [-0.2, 0) is 14.9 Å². The lowest BCUT2D eigenvalue weighted by Gasteiger charge is -2.19. The first kappa shape index (κ1) is 18.7. The molecule has 1 aromatic carbocycles. The number of hydrogen-bond acceptors (Lipinski definition) is 3. The maximum Gasteiger partial charge on any atom is 0.307 e. The molecule has 0 unspecified atom stereocenters. The van der Waals surface area contributed by atoms with Crippen molar-refractivity contribution in [3.05, 3.63) is 35.9 Å². The minimum Gasteiger partial charge on any atom is -0.469 e. The summed E-state index contributed by atoms with van der Waals surface area (Å²) in [5.41, 5.74) is 1.61. The second-order valence-electron chi connectivity index (χ2n) is 5.33. The van der Waals surface area contributed by atoms with Crippen LogP contribution in [0.3, 0.4) is 0 Å². The first-order valence-corrected chi connectivity index (χ1v) is 7.27. The van der Waals surface area contributed by atoms with Crippen LogP contribution in [0.5, 0.6) is 0 Å². The molecule has 0 heterocycles. The SMILES string of the molecule is CN=C(NCCC(=O)OC)NCC1(c2ccccc2)CC1.I. The Balaban J connectivity index is 0.00000242. The standard InChI is InChI=1S/C16H23N3O2.HI/c1-17-15(18-11-8-14(20)21-2)19-12-16(9-10-16)13-6-4-3-5-7-13;/h3-7H,8-12H2,1-2H3,(H2,17,18,19);1H. The van der Waals surface area contributed by atoms with Crippen LogP contribution in [0, 0.1) is 0 Å². The molecule has 122 valence electrons. The largest absolute Gasteiger partial charge is 0.469 e. The van der Waals surface area contributed by atoms with E-state index in [2.05, 4.69) is 44.6 Å². The van der Waals surface area contributed by atoms with Crippen molar-refractivity contribution in [2.24, 2.45) is 4.99 Å². The van der Waals surface area contributed by atoms with E-state index in [-0.39, 0.29) is 35.4 Å². The molecule has 2 rings (SSSR count). The normalized spacial score (nSPS) is 15.5. The molecule has 1 aliphatic carbocycles. The van der Waals surface area contributed by atoms with Crippen molar-refractivity contribution in [2.75, 3.05) is 27.2 Å². The predicted octanol–water partition coefficient (Wildman–Crippen LogP) is 2.06. The van der Waals surface area contributed by atoms with Crippen molar-refractivity contribution in [1.29, 1.82) is 0 Å². The molecule has 5 nitrogen and oxygen atoms in total. The molecule has 1 aliphatic rings. The Labute approximate surface area is 148 Å². The number of rotatable bonds is 6. The lowest BCUT2D eigenvalue weighted by Crippen LogP contribution is -2.42. The van der Waals surface area contributed by atoms with Crippen LogP contribution in [0.2, 0.25) is 0 Å². The average Bonchev–Trinajstić information content (AvgIpc) is 3.32. The van der Waals surface area contributed by atoms with Gasteiger partial charge in [0.2, 0.25) is 0 Å². The molecule has 1 fully saturated rings. The fourth-order valence-corrected chi connectivity index (χ4v) is 2.37. The number of carbonyl (C=O) groups excluding carboxylic acids is 1. The van der Waals surface area contributed by atoms with E-state index < -0.39 is 0 Å². The molecular formula is C16H24IN3O2. The zero-order chi connectivity index (χ0) is 15.1. The van der Waals surface area contributed by atoms with E-state index in [4.69, 9.17) is 0 Å². The number of methoxy groups -OCH3 is 1. The Morgan fingerprint density at radius 3 is 2.50 bits per heavy atom. The van der Waals surface area contributed by atoms with Crippen molar-refractivity contribution in [1.82, 2.24) is 10.6 Å². The second kappa shape index (κ2) is 8.97. The Morgan fingerprint density at radius 1 is 1.27 bits per heavy atom. The number of hydrogen-bond donors (Lipinski definition) is 2. The van der Waals surface area contributed by atoms with Crippen LogP contribution < -0.4 is 10.6 Å². The third-order valence-electron chi connectivity index (χ3n) is 3.91.